The Morgan fingerprint density at radius 1 is 1.16 bits per heavy atom. The molecule has 3 rings (SSSR count). The molecule has 6 nitrogen and oxygen atoms in total. The highest BCUT2D eigenvalue weighted by molar-refractivity contribution is 7.89. The van der Waals surface area contributed by atoms with Gasteiger partial charge in [-0.15, -0.1) is 0 Å². The molecule has 0 radical (unpaired) electrons. The number of halogens is 1. The molecule has 0 spiro atoms. The second kappa shape index (κ2) is 6.95. The summed E-state index contributed by atoms with van der Waals surface area (Å²) in [4.78, 5) is 4.36. The minimum absolute atomic E-state index is 0.134. The van der Waals surface area contributed by atoms with Crippen LogP contribution >= 0.6 is 11.6 Å². The summed E-state index contributed by atoms with van der Waals surface area (Å²) < 4.78 is 29.4. The van der Waals surface area contributed by atoms with Crippen molar-refractivity contribution in [1.29, 1.82) is 0 Å². The molecule has 130 valence electrons. The Morgan fingerprint density at radius 2 is 1.96 bits per heavy atom. The standard InChI is InChI=1S/C17H17ClN4O2S/c1-12-3-4-16(18)6-17(12)25(23,24)21-8-13-5-14(9-19-7-13)15-10-20-22(2)11-15/h3-7,9-11,21H,8H2,1-2H3. The molecule has 0 fully saturated rings. The first-order chi connectivity index (χ1) is 11.8. The Kier molecular flexibility index (Phi) is 4.89. The molecule has 2 heterocycles. The molecule has 0 saturated heterocycles. The summed E-state index contributed by atoms with van der Waals surface area (Å²) in [6, 6.07) is 6.68. The highest BCUT2D eigenvalue weighted by Crippen LogP contribution is 2.21. The van der Waals surface area contributed by atoms with Crippen LogP contribution in [0.25, 0.3) is 11.1 Å². The van der Waals surface area contributed by atoms with Crippen LogP contribution in [0.1, 0.15) is 11.1 Å². The molecule has 1 aromatic carbocycles. The first kappa shape index (κ1) is 17.6. The van der Waals surface area contributed by atoms with E-state index >= 15 is 0 Å². The Labute approximate surface area is 151 Å². The van der Waals surface area contributed by atoms with Crippen LogP contribution in [0.5, 0.6) is 0 Å². The Morgan fingerprint density at radius 3 is 2.68 bits per heavy atom. The van der Waals surface area contributed by atoms with Gasteiger partial charge in [0.2, 0.25) is 10.0 Å². The topological polar surface area (TPSA) is 76.9 Å². The lowest BCUT2D eigenvalue weighted by Gasteiger charge is -2.10. The van der Waals surface area contributed by atoms with Crippen LogP contribution in [0.2, 0.25) is 5.02 Å². The number of nitrogens with one attached hydrogen (secondary N) is 1. The number of nitrogens with zero attached hydrogens (tertiary/aromatic N) is 3. The van der Waals surface area contributed by atoms with Crippen molar-refractivity contribution in [3.8, 4) is 11.1 Å². The van der Waals surface area contributed by atoms with E-state index in [1.807, 2.05) is 19.3 Å². The fourth-order valence-electron chi connectivity index (χ4n) is 2.43. The summed E-state index contributed by atoms with van der Waals surface area (Å²) in [5.41, 5.74) is 3.19. The average molecular weight is 377 g/mol. The van der Waals surface area contributed by atoms with Gasteiger partial charge in [0.1, 0.15) is 0 Å². The van der Waals surface area contributed by atoms with Gasteiger partial charge in [0, 0.05) is 48.3 Å². The normalized spacial score (nSPS) is 11.6. The maximum absolute atomic E-state index is 12.5. The number of aryl methyl sites for hydroxylation is 2. The van der Waals surface area contributed by atoms with E-state index in [2.05, 4.69) is 14.8 Å². The van der Waals surface area contributed by atoms with E-state index in [0.29, 0.717) is 10.6 Å². The highest BCUT2D eigenvalue weighted by atomic mass is 35.5. The molecule has 8 heteroatoms. The molecule has 0 amide bonds. The molecule has 0 atom stereocenters. The summed E-state index contributed by atoms with van der Waals surface area (Å²) in [6.45, 7) is 1.87. The number of benzene rings is 1. The van der Waals surface area contributed by atoms with Gasteiger partial charge in [-0.05, 0) is 36.2 Å². The molecular weight excluding hydrogens is 360 g/mol. The van der Waals surface area contributed by atoms with Crippen LogP contribution in [-0.4, -0.2) is 23.2 Å². The lowest BCUT2D eigenvalue weighted by atomic mass is 10.1. The van der Waals surface area contributed by atoms with Crippen LogP contribution in [0.15, 0.2) is 53.9 Å². The van der Waals surface area contributed by atoms with Gasteiger partial charge in [0.15, 0.2) is 0 Å². The number of rotatable bonds is 5. The van der Waals surface area contributed by atoms with Crippen LogP contribution in [-0.2, 0) is 23.6 Å². The zero-order chi connectivity index (χ0) is 18.0. The smallest absolute Gasteiger partial charge is 0.241 e. The number of pyridine rings is 1. The lowest BCUT2D eigenvalue weighted by Crippen LogP contribution is -2.24. The zero-order valence-corrected chi connectivity index (χ0v) is 15.3. The van der Waals surface area contributed by atoms with E-state index in [9.17, 15) is 8.42 Å². The van der Waals surface area contributed by atoms with Crippen LogP contribution in [0.4, 0.5) is 0 Å². The summed E-state index contributed by atoms with van der Waals surface area (Å²) >= 11 is 5.92. The third-order valence-corrected chi connectivity index (χ3v) is 5.52. The van der Waals surface area contributed by atoms with Gasteiger partial charge in [-0.1, -0.05) is 17.7 Å². The van der Waals surface area contributed by atoms with Gasteiger partial charge in [-0.3, -0.25) is 9.67 Å². The van der Waals surface area contributed by atoms with Gasteiger partial charge in [0.25, 0.3) is 0 Å². The minimum atomic E-state index is -3.66. The predicted molar refractivity (Wildman–Crippen MR) is 96.7 cm³/mol. The maximum Gasteiger partial charge on any atom is 0.241 e. The Balaban J connectivity index is 1.80. The second-order valence-electron chi connectivity index (χ2n) is 5.72. The van der Waals surface area contributed by atoms with Crippen molar-refractivity contribution < 1.29 is 8.42 Å². The van der Waals surface area contributed by atoms with E-state index in [0.717, 1.165) is 16.7 Å². The summed E-state index contributed by atoms with van der Waals surface area (Å²) in [5.74, 6) is 0. The summed E-state index contributed by atoms with van der Waals surface area (Å²) in [5, 5.41) is 4.51. The summed E-state index contributed by atoms with van der Waals surface area (Å²) in [7, 11) is -1.83. The van der Waals surface area contributed by atoms with Gasteiger partial charge in [-0.25, -0.2) is 13.1 Å². The quantitative estimate of drug-likeness (QED) is 0.742. The van der Waals surface area contributed by atoms with E-state index in [1.54, 1.807) is 42.3 Å². The third kappa shape index (κ3) is 4.07. The van der Waals surface area contributed by atoms with Crippen LogP contribution in [0.3, 0.4) is 0 Å². The summed E-state index contributed by atoms with van der Waals surface area (Å²) in [6.07, 6.45) is 6.96. The molecular formula is C17H17ClN4O2S. The molecule has 0 aliphatic carbocycles. The second-order valence-corrected chi connectivity index (χ2v) is 7.89. The fraction of sp³-hybridized carbons (Fsp3) is 0.176. The molecule has 0 saturated carbocycles. The Hall–Kier alpha value is -2.22. The SMILES string of the molecule is Cc1ccc(Cl)cc1S(=O)(=O)NCc1cncc(-c2cnn(C)c2)c1. The van der Waals surface area contributed by atoms with E-state index in [4.69, 9.17) is 11.6 Å². The van der Waals surface area contributed by atoms with Crippen molar-refractivity contribution in [2.24, 2.45) is 7.05 Å². The first-order valence-electron chi connectivity index (χ1n) is 7.54. The van der Waals surface area contributed by atoms with Gasteiger partial charge >= 0.3 is 0 Å². The molecule has 0 unspecified atom stereocenters. The first-order valence-corrected chi connectivity index (χ1v) is 9.40. The molecule has 2 aromatic heterocycles. The molecule has 0 aliphatic rings. The van der Waals surface area contributed by atoms with Crippen molar-refractivity contribution in [3.63, 3.8) is 0 Å². The average Bonchev–Trinajstić information content (AvgIpc) is 3.02. The molecule has 3 aromatic rings. The predicted octanol–water partition coefficient (Wildman–Crippen LogP) is 2.92. The lowest BCUT2D eigenvalue weighted by molar-refractivity contribution is 0.580. The van der Waals surface area contributed by atoms with Crippen LogP contribution < -0.4 is 4.72 Å². The van der Waals surface area contributed by atoms with Crippen molar-refractivity contribution in [3.05, 3.63) is 65.2 Å². The van der Waals surface area contributed by atoms with Crippen LogP contribution in [0, 0.1) is 6.92 Å². The highest BCUT2D eigenvalue weighted by Gasteiger charge is 2.17. The molecule has 0 bridgehead atoms. The molecule has 0 aliphatic heterocycles. The van der Waals surface area contributed by atoms with Crippen molar-refractivity contribution >= 4 is 21.6 Å². The Bertz CT molecular complexity index is 1010. The molecule has 25 heavy (non-hydrogen) atoms. The van der Waals surface area contributed by atoms with Crippen molar-refractivity contribution in [2.75, 3.05) is 0 Å². The largest absolute Gasteiger partial charge is 0.275 e. The van der Waals surface area contributed by atoms with E-state index in [-0.39, 0.29) is 11.4 Å². The maximum atomic E-state index is 12.5. The van der Waals surface area contributed by atoms with Gasteiger partial charge < -0.3 is 0 Å². The number of hydrogen-bond donors (Lipinski definition) is 1. The number of hydrogen-bond acceptors (Lipinski definition) is 4. The van der Waals surface area contributed by atoms with Gasteiger partial charge in [-0.2, -0.15) is 5.10 Å². The minimum Gasteiger partial charge on any atom is -0.275 e. The number of sulfonamides is 1. The number of aromatic nitrogens is 3. The fourth-order valence-corrected chi connectivity index (χ4v) is 3.95. The van der Waals surface area contributed by atoms with Crippen molar-refractivity contribution in [1.82, 2.24) is 19.5 Å². The van der Waals surface area contributed by atoms with Gasteiger partial charge in [0.05, 0.1) is 11.1 Å². The van der Waals surface area contributed by atoms with Crippen molar-refractivity contribution in [2.45, 2.75) is 18.4 Å². The molecule has 1 N–H and O–H groups in total. The van der Waals surface area contributed by atoms with E-state index in [1.165, 1.54) is 6.07 Å². The van der Waals surface area contributed by atoms with E-state index < -0.39 is 10.0 Å². The monoisotopic (exact) mass is 376 g/mol. The zero-order valence-electron chi connectivity index (χ0n) is 13.8. The third-order valence-electron chi connectivity index (χ3n) is 3.74.